The number of nitrogens with one attached hydrogen (secondary N) is 1. The van der Waals surface area contributed by atoms with Crippen molar-refractivity contribution in [3.05, 3.63) is 28.2 Å². The Morgan fingerprint density at radius 3 is 2.62 bits per heavy atom. The Labute approximate surface area is 133 Å². The molecule has 0 spiro atoms. The average Bonchev–Trinajstić information content (AvgIpc) is 2.83. The third kappa shape index (κ3) is 3.64. The Morgan fingerprint density at radius 1 is 1.33 bits per heavy atom. The molecular formula is C16H20BrNO3. The molecule has 3 atom stereocenters. The van der Waals surface area contributed by atoms with Crippen LogP contribution in [-0.4, -0.2) is 17.0 Å². The van der Waals surface area contributed by atoms with Crippen LogP contribution in [0.1, 0.15) is 32.3 Å². The van der Waals surface area contributed by atoms with E-state index in [2.05, 4.69) is 21.2 Å². The molecule has 1 fully saturated rings. The van der Waals surface area contributed by atoms with E-state index in [1.165, 1.54) is 0 Å². The minimum Gasteiger partial charge on any atom is -0.481 e. The maximum atomic E-state index is 12.4. The Balaban J connectivity index is 2.16. The molecule has 2 rings (SSSR count). The normalized spacial score (nSPS) is 24.8. The van der Waals surface area contributed by atoms with Crippen LogP contribution in [0.3, 0.4) is 0 Å². The summed E-state index contributed by atoms with van der Waals surface area (Å²) in [6.45, 7) is 4.02. The van der Waals surface area contributed by atoms with Crippen LogP contribution in [0, 0.1) is 17.8 Å². The lowest BCUT2D eigenvalue weighted by atomic mass is 9.95. The fourth-order valence-electron chi connectivity index (χ4n) is 3.06. The van der Waals surface area contributed by atoms with Gasteiger partial charge in [-0.1, -0.05) is 29.8 Å². The predicted molar refractivity (Wildman–Crippen MR) is 85.2 cm³/mol. The van der Waals surface area contributed by atoms with Crippen LogP contribution >= 0.6 is 15.9 Å². The Hall–Kier alpha value is -1.36. The summed E-state index contributed by atoms with van der Waals surface area (Å²) in [5, 5.41) is 12.2. The van der Waals surface area contributed by atoms with E-state index in [1.807, 2.05) is 32.0 Å². The van der Waals surface area contributed by atoms with Gasteiger partial charge in [-0.3, -0.25) is 9.59 Å². The van der Waals surface area contributed by atoms with Crippen LogP contribution in [0.15, 0.2) is 22.7 Å². The van der Waals surface area contributed by atoms with Crippen molar-refractivity contribution in [3.63, 3.8) is 0 Å². The summed E-state index contributed by atoms with van der Waals surface area (Å²) in [5.41, 5.74) is 1.81. The van der Waals surface area contributed by atoms with Crippen molar-refractivity contribution in [1.82, 2.24) is 0 Å². The molecule has 0 saturated heterocycles. The monoisotopic (exact) mass is 353 g/mol. The smallest absolute Gasteiger partial charge is 0.307 e. The standard InChI is InChI=1S/C16H20BrNO3/c1-3-10-8-11(17)4-5-14(10)18-15(19)12-6-9(2)7-13(12)16(20)21/h4-5,8-9,12-13H,3,6-7H2,1-2H3,(H,18,19)(H,20,21). The number of carboxylic acids is 1. The molecule has 4 nitrogen and oxygen atoms in total. The van der Waals surface area contributed by atoms with Gasteiger partial charge in [0.2, 0.25) is 5.91 Å². The number of benzene rings is 1. The van der Waals surface area contributed by atoms with Gasteiger partial charge in [0.05, 0.1) is 11.8 Å². The second kappa shape index (κ2) is 6.60. The van der Waals surface area contributed by atoms with Crippen LogP contribution < -0.4 is 5.32 Å². The first-order chi connectivity index (χ1) is 9.92. The van der Waals surface area contributed by atoms with Crippen LogP contribution in [0.4, 0.5) is 5.69 Å². The van der Waals surface area contributed by atoms with Gasteiger partial charge in [-0.25, -0.2) is 0 Å². The fraction of sp³-hybridized carbons (Fsp3) is 0.500. The molecule has 3 unspecified atom stereocenters. The largest absolute Gasteiger partial charge is 0.481 e. The van der Waals surface area contributed by atoms with Gasteiger partial charge in [-0.2, -0.15) is 0 Å². The van der Waals surface area contributed by atoms with Crippen molar-refractivity contribution >= 4 is 33.5 Å². The number of hydrogen-bond acceptors (Lipinski definition) is 2. The summed E-state index contributed by atoms with van der Waals surface area (Å²) in [6.07, 6.45) is 2.02. The van der Waals surface area contributed by atoms with E-state index in [4.69, 9.17) is 0 Å². The number of rotatable bonds is 4. The number of carbonyl (C=O) groups excluding carboxylic acids is 1. The molecule has 0 radical (unpaired) electrons. The summed E-state index contributed by atoms with van der Waals surface area (Å²) in [7, 11) is 0. The van der Waals surface area contributed by atoms with Crippen LogP contribution in [0.25, 0.3) is 0 Å². The summed E-state index contributed by atoms with van der Waals surface area (Å²) < 4.78 is 0.968. The van der Waals surface area contributed by atoms with E-state index in [0.29, 0.717) is 12.8 Å². The van der Waals surface area contributed by atoms with E-state index in [0.717, 1.165) is 22.1 Å². The van der Waals surface area contributed by atoms with Gasteiger partial charge in [-0.05, 0) is 48.9 Å². The zero-order chi connectivity index (χ0) is 15.6. The van der Waals surface area contributed by atoms with Crippen molar-refractivity contribution in [2.75, 3.05) is 5.32 Å². The molecule has 0 heterocycles. The van der Waals surface area contributed by atoms with Crippen LogP contribution in [0.5, 0.6) is 0 Å². The maximum Gasteiger partial charge on any atom is 0.307 e. The van der Waals surface area contributed by atoms with E-state index >= 15 is 0 Å². The molecule has 0 bridgehead atoms. The number of carbonyl (C=O) groups is 2. The molecule has 1 aliphatic carbocycles. The number of aliphatic carboxylic acids is 1. The number of amides is 1. The average molecular weight is 354 g/mol. The van der Waals surface area contributed by atoms with Gasteiger partial charge in [-0.15, -0.1) is 0 Å². The minimum atomic E-state index is -0.869. The summed E-state index contributed by atoms with van der Waals surface area (Å²) >= 11 is 3.42. The van der Waals surface area contributed by atoms with Gasteiger partial charge in [0.15, 0.2) is 0 Å². The molecule has 1 aromatic rings. The van der Waals surface area contributed by atoms with Crippen LogP contribution in [0.2, 0.25) is 0 Å². The Kier molecular flexibility index (Phi) is 5.04. The van der Waals surface area contributed by atoms with Gasteiger partial charge in [0.1, 0.15) is 0 Å². The third-order valence-corrected chi connectivity index (χ3v) is 4.65. The molecule has 1 aromatic carbocycles. The van der Waals surface area contributed by atoms with E-state index in [9.17, 15) is 14.7 Å². The zero-order valence-corrected chi connectivity index (χ0v) is 13.8. The maximum absolute atomic E-state index is 12.4. The zero-order valence-electron chi connectivity index (χ0n) is 12.2. The fourth-order valence-corrected chi connectivity index (χ4v) is 3.47. The third-order valence-electron chi connectivity index (χ3n) is 4.16. The molecule has 114 valence electrons. The number of hydrogen-bond donors (Lipinski definition) is 2. The van der Waals surface area contributed by atoms with Gasteiger partial charge in [0.25, 0.3) is 0 Å². The van der Waals surface area contributed by atoms with E-state index in [-0.39, 0.29) is 11.8 Å². The highest BCUT2D eigenvalue weighted by molar-refractivity contribution is 9.10. The molecule has 2 N–H and O–H groups in total. The molecule has 0 aromatic heterocycles. The van der Waals surface area contributed by atoms with Crippen molar-refractivity contribution in [1.29, 1.82) is 0 Å². The van der Waals surface area contributed by atoms with Crippen LogP contribution in [-0.2, 0) is 16.0 Å². The highest BCUT2D eigenvalue weighted by atomic mass is 79.9. The predicted octanol–water partition coefficient (Wildman–Crippen LogP) is 3.70. The van der Waals surface area contributed by atoms with Crippen molar-refractivity contribution in [2.45, 2.75) is 33.1 Å². The van der Waals surface area contributed by atoms with Gasteiger partial charge < -0.3 is 10.4 Å². The lowest BCUT2D eigenvalue weighted by molar-refractivity contribution is -0.145. The lowest BCUT2D eigenvalue weighted by Crippen LogP contribution is -2.30. The second-order valence-corrected chi connectivity index (χ2v) is 6.69. The second-order valence-electron chi connectivity index (χ2n) is 5.77. The summed E-state index contributed by atoms with van der Waals surface area (Å²) in [6, 6.07) is 5.71. The molecule has 21 heavy (non-hydrogen) atoms. The summed E-state index contributed by atoms with van der Waals surface area (Å²) in [5.74, 6) is -1.78. The SMILES string of the molecule is CCc1cc(Br)ccc1NC(=O)C1CC(C)CC1C(=O)O. The van der Waals surface area contributed by atoms with E-state index < -0.39 is 17.8 Å². The first-order valence-corrected chi connectivity index (χ1v) is 8.03. The van der Waals surface area contributed by atoms with Crippen molar-refractivity contribution in [2.24, 2.45) is 17.8 Å². The highest BCUT2D eigenvalue weighted by Crippen LogP contribution is 2.37. The Morgan fingerprint density at radius 2 is 2.00 bits per heavy atom. The quantitative estimate of drug-likeness (QED) is 0.867. The molecule has 5 heteroatoms. The van der Waals surface area contributed by atoms with Crippen molar-refractivity contribution < 1.29 is 14.7 Å². The first-order valence-electron chi connectivity index (χ1n) is 7.24. The number of aryl methyl sites for hydroxylation is 1. The number of halogens is 1. The molecule has 0 aliphatic heterocycles. The van der Waals surface area contributed by atoms with Crippen molar-refractivity contribution in [3.8, 4) is 0 Å². The highest BCUT2D eigenvalue weighted by Gasteiger charge is 2.41. The molecule has 1 aliphatic rings. The van der Waals surface area contributed by atoms with Gasteiger partial charge >= 0.3 is 5.97 Å². The Bertz CT molecular complexity index is 558. The number of anilines is 1. The first kappa shape index (κ1) is 16.0. The molecular weight excluding hydrogens is 334 g/mol. The summed E-state index contributed by atoms with van der Waals surface area (Å²) in [4.78, 5) is 23.7. The minimum absolute atomic E-state index is 0.177. The van der Waals surface area contributed by atoms with E-state index in [1.54, 1.807) is 0 Å². The topological polar surface area (TPSA) is 66.4 Å². The lowest BCUT2D eigenvalue weighted by Gasteiger charge is -2.17. The van der Waals surface area contributed by atoms with Gasteiger partial charge in [0, 0.05) is 10.2 Å². The number of carboxylic acid groups (broad SMARTS) is 1. The molecule has 1 saturated carbocycles. The molecule has 1 amide bonds.